The number of hydrogen-bond acceptors (Lipinski definition) is 6. The van der Waals surface area contributed by atoms with Gasteiger partial charge < -0.3 is 14.6 Å². The van der Waals surface area contributed by atoms with Gasteiger partial charge >= 0.3 is 5.97 Å². The first-order valence-electron chi connectivity index (χ1n) is 8.40. The number of esters is 1. The monoisotopic (exact) mass is 384 g/mol. The van der Waals surface area contributed by atoms with E-state index in [1.54, 1.807) is 29.8 Å². The first kappa shape index (κ1) is 18.8. The Kier molecular flexibility index (Phi) is 5.66. The lowest BCUT2D eigenvalue weighted by Crippen LogP contribution is -2.25. The first-order valence-corrected chi connectivity index (χ1v) is 9.22. The van der Waals surface area contributed by atoms with Crippen LogP contribution >= 0.6 is 11.3 Å². The Hall–Kier alpha value is -3.00. The summed E-state index contributed by atoms with van der Waals surface area (Å²) < 4.78 is 6.48. The molecule has 0 aliphatic rings. The van der Waals surface area contributed by atoms with Crippen LogP contribution < -0.4 is 5.32 Å². The van der Waals surface area contributed by atoms with Crippen molar-refractivity contribution in [1.82, 2.24) is 20.1 Å². The highest BCUT2D eigenvalue weighted by atomic mass is 32.1. The molecule has 0 saturated heterocycles. The number of amides is 1. The summed E-state index contributed by atoms with van der Waals surface area (Å²) in [6.45, 7) is 2.40. The molecule has 3 rings (SSSR count). The highest BCUT2D eigenvalue weighted by molar-refractivity contribution is 7.11. The Morgan fingerprint density at radius 2 is 2.04 bits per heavy atom. The lowest BCUT2D eigenvalue weighted by molar-refractivity contribution is 0.0590. The van der Waals surface area contributed by atoms with Crippen molar-refractivity contribution in [3.05, 3.63) is 57.8 Å². The zero-order valence-electron chi connectivity index (χ0n) is 15.4. The summed E-state index contributed by atoms with van der Waals surface area (Å²) in [7, 11) is 3.13. The first-order chi connectivity index (χ1) is 13.0. The second kappa shape index (κ2) is 8.13. The van der Waals surface area contributed by atoms with E-state index in [2.05, 4.69) is 15.5 Å². The van der Waals surface area contributed by atoms with Crippen molar-refractivity contribution in [3.8, 4) is 11.1 Å². The lowest BCUT2D eigenvalue weighted by Gasteiger charge is -2.05. The van der Waals surface area contributed by atoms with Gasteiger partial charge in [-0.3, -0.25) is 4.79 Å². The second-order valence-corrected chi connectivity index (χ2v) is 7.28. The van der Waals surface area contributed by atoms with Gasteiger partial charge in [0.05, 0.1) is 7.11 Å². The number of methoxy groups -OCH3 is 1. The lowest BCUT2D eigenvalue weighted by atomic mass is 10.1. The van der Waals surface area contributed by atoms with Crippen LogP contribution in [-0.2, 0) is 18.2 Å². The van der Waals surface area contributed by atoms with Crippen LogP contribution in [0.3, 0.4) is 0 Å². The molecule has 1 aromatic carbocycles. The smallest absolute Gasteiger partial charge is 0.354 e. The quantitative estimate of drug-likeness (QED) is 0.660. The van der Waals surface area contributed by atoms with Crippen molar-refractivity contribution in [3.63, 3.8) is 0 Å². The van der Waals surface area contributed by atoms with Crippen molar-refractivity contribution in [2.24, 2.45) is 7.05 Å². The van der Waals surface area contributed by atoms with Gasteiger partial charge in [-0.2, -0.15) is 0 Å². The predicted octanol–water partition coefficient (Wildman–Crippen LogP) is 2.61. The number of benzene rings is 1. The Morgan fingerprint density at radius 1 is 1.22 bits per heavy atom. The van der Waals surface area contributed by atoms with Crippen LogP contribution in [0.2, 0.25) is 0 Å². The zero-order chi connectivity index (χ0) is 19.4. The molecule has 0 radical (unpaired) electrons. The van der Waals surface area contributed by atoms with Gasteiger partial charge in [-0.25, -0.2) is 4.79 Å². The number of hydrogen-bond donors (Lipinski definition) is 1. The fourth-order valence-electron chi connectivity index (χ4n) is 2.69. The van der Waals surface area contributed by atoms with Gasteiger partial charge in [0.1, 0.15) is 15.7 Å². The van der Waals surface area contributed by atoms with Crippen LogP contribution in [0.1, 0.15) is 30.9 Å². The van der Waals surface area contributed by atoms with Crippen LogP contribution in [0.5, 0.6) is 0 Å². The highest BCUT2D eigenvalue weighted by Crippen LogP contribution is 2.23. The fourth-order valence-corrected chi connectivity index (χ4v) is 3.40. The molecule has 0 saturated carbocycles. The van der Waals surface area contributed by atoms with E-state index in [9.17, 15) is 9.59 Å². The maximum Gasteiger partial charge on any atom is 0.354 e. The van der Waals surface area contributed by atoms with Crippen molar-refractivity contribution in [1.29, 1.82) is 0 Å². The summed E-state index contributed by atoms with van der Waals surface area (Å²) in [6, 6.07) is 9.04. The van der Waals surface area contributed by atoms with E-state index >= 15 is 0 Å². The van der Waals surface area contributed by atoms with Crippen LogP contribution in [0.4, 0.5) is 0 Å². The summed E-state index contributed by atoms with van der Waals surface area (Å²) in [4.78, 5) is 24.2. The molecule has 8 heteroatoms. The van der Waals surface area contributed by atoms with Crippen LogP contribution in [0.25, 0.3) is 11.1 Å². The third kappa shape index (κ3) is 4.40. The van der Waals surface area contributed by atoms with E-state index < -0.39 is 5.97 Å². The maximum absolute atomic E-state index is 12.4. The Bertz CT molecular complexity index is 977. The van der Waals surface area contributed by atoms with Gasteiger partial charge in [0.15, 0.2) is 0 Å². The van der Waals surface area contributed by atoms with Gasteiger partial charge in [-0.1, -0.05) is 12.1 Å². The average molecular weight is 384 g/mol. The molecule has 0 unspecified atom stereocenters. The van der Waals surface area contributed by atoms with Crippen molar-refractivity contribution >= 4 is 23.2 Å². The van der Waals surface area contributed by atoms with Crippen molar-refractivity contribution in [2.45, 2.75) is 13.3 Å². The molecule has 3 aromatic rings. The molecule has 0 bridgehead atoms. The Labute approximate surface area is 161 Å². The number of aryl methyl sites for hydroxylation is 2. The third-order valence-electron chi connectivity index (χ3n) is 4.05. The zero-order valence-corrected chi connectivity index (χ0v) is 16.2. The van der Waals surface area contributed by atoms with E-state index in [4.69, 9.17) is 4.74 Å². The standard InChI is InChI=1S/C19H20N4O3S/c1-12-21-22-17(27-12)7-8-20-18(24)14-6-4-5-13(9-14)15-10-16(19(25)26-3)23(2)11-15/h4-6,9-11H,7-8H2,1-3H3,(H,20,24). The molecule has 140 valence electrons. The van der Waals surface area contributed by atoms with Gasteiger partial charge in [-0.05, 0) is 30.7 Å². The minimum Gasteiger partial charge on any atom is -0.464 e. The number of aromatic nitrogens is 3. The molecule has 0 aliphatic carbocycles. The van der Waals surface area contributed by atoms with Crippen LogP contribution in [0.15, 0.2) is 36.5 Å². The van der Waals surface area contributed by atoms with Crippen LogP contribution in [0, 0.1) is 6.92 Å². The summed E-state index contributed by atoms with van der Waals surface area (Å²) >= 11 is 1.53. The molecule has 2 aromatic heterocycles. The van der Waals surface area contributed by atoms with E-state index in [1.165, 1.54) is 18.4 Å². The Balaban J connectivity index is 1.69. The van der Waals surface area contributed by atoms with Gasteiger partial charge in [0.2, 0.25) is 0 Å². The van der Waals surface area contributed by atoms with Gasteiger partial charge in [0.25, 0.3) is 5.91 Å². The topological polar surface area (TPSA) is 86.1 Å². The fraction of sp³-hybridized carbons (Fsp3) is 0.263. The number of nitrogens with zero attached hydrogens (tertiary/aromatic N) is 3. The number of carbonyl (C=O) groups excluding carboxylic acids is 2. The van der Waals surface area contributed by atoms with E-state index in [-0.39, 0.29) is 5.91 Å². The number of ether oxygens (including phenoxy) is 1. The molecule has 2 heterocycles. The summed E-state index contributed by atoms with van der Waals surface area (Å²) in [5.74, 6) is -0.549. The second-order valence-electron chi connectivity index (χ2n) is 6.02. The molecule has 0 spiro atoms. The van der Waals surface area contributed by atoms with Gasteiger partial charge in [-0.15, -0.1) is 21.5 Å². The summed E-state index contributed by atoms with van der Waals surface area (Å²) in [6.07, 6.45) is 2.49. The van der Waals surface area contributed by atoms with Gasteiger partial charge in [0, 0.05) is 37.3 Å². The molecule has 0 fully saturated rings. The molecule has 1 N–H and O–H groups in total. The molecular weight excluding hydrogens is 364 g/mol. The molecular formula is C19H20N4O3S. The largest absolute Gasteiger partial charge is 0.464 e. The molecule has 1 amide bonds. The molecule has 27 heavy (non-hydrogen) atoms. The minimum atomic E-state index is -0.399. The molecule has 0 aliphatic heterocycles. The molecule has 0 atom stereocenters. The predicted molar refractivity (Wildman–Crippen MR) is 103 cm³/mol. The number of carbonyl (C=O) groups is 2. The minimum absolute atomic E-state index is 0.151. The van der Waals surface area contributed by atoms with E-state index in [1.807, 2.05) is 25.3 Å². The maximum atomic E-state index is 12.4. The Morgan fingerprint density at radius 3 is 2.74 bits per heavy atom. The number of nitrogens with one attached hydrogen (secondary N) is 1. The van der Waals surface area contributed by atoms with Crippen molar-refractivity contribution < 1.29 is 14.3 Å². The average Bonchev–Trinajstić information content (AvgIpc) is 3.26. The SMILES string of the molecule is COC(=O)c1cc(-c2cccc(C(=O)NCCc3nnc(C)s3)c2)cn1C. The summed E-state index contributed by atoms with van der Waals surface area (Å²) in [5.41, 5.74) is 2.71. The summed E-state index contributed by atoms with van der Waals surface area (Å²) in [5, 5.41) is 12.7. The third-order valence-corrected chi connectivity index (χ3v) is 4.95. The van der Waals surface area contributed by atoms with E-state index in [0.29, 0.717) is 24.2 Å². The number of rotatable bonds is 6. The normalized spacial score (nSPS) is 10.6. The molecule has 7 nitrogen and oxygen atoms in total. The van der Waals surface area contributed by atoms with Crippen molar-refractivity contribution in [2.75, 3.05) is 13.7 Å². The highest BCUT2D eigenvalue weighted by Gasteiger charge is 2.14. The van der Waals surface area contributed by atoms with Crippen LogP contribution in [-0.4, -0.2) is 40.3 Å². The van der Waals surface area contributed by atoms with E-state index in [0.717, 1.165) is 21.1 Å².